The molecule has 1 aliphatic rings. The van der Waals surface area contributed by atoms with Crippen LogP contribution in [0.1, 0.15) is 35.8 Å². The molecule has 0 aliphatic heterocycles. The zero-order chi connectivity index (χ0) is 18.2. The normalized spacial score (nSPS) is 17.6. The Kier molecular flexibility index (Phi) is 4.55. The van der Waals surface area contributed by atoms with Gasteiger partial charge in [-0.3, -0.25) is 9.78 Å². The largest absolute Gasteiger partial charge is 0.490 e. The van der Waals surface area contributed by atoms with E-state index >= 15 is 0 Å². The van der Waals surface area contributed by atoms with Gasteiger partial charge in [0.25, 0.3) is 5.92 Å². The van der Waals surface area contributed by atoms with Gasteiger partial charge >= 0.3 is 0 Å². The lowest BCUT2D eigenvalue weighted by Crippen LogP contribution is -2.43. The Morgan fingerprint density at radius 1 is 1.32 bits per heavy atom. The fourth-order valence-electron chi connectivity index (χ4n) is 2.68. The molecular formula is C16H15ClF2N4O2. The summed E-state index contributed by atoms with van der Waals surface area (Å²) in [6.45, 7) is 1.71. The van der Waals surface area contributed by atoms with Crippen LogP contribution in [-0.4, -0.2) is 33.1 Å². The Hall–Kier alpha value is -2.35. The molecule has 132 valence electrons. The lowest BCUT2D eigenvalue weighted by atomic mass is 9.91. The van der Waals surface area contributed by atoms with E-state index in [1.54, 1.807) is 13.0 Å². The molecule has 1 saturated carbocycles. The van der Waals surface area contributed by atoms with Gasteiger partial charge < -0.3 is 10.5 Å². The van der Waals surface area contributed by atoms with Gasteiger partial charge in [0.1, 0.15) is 17.8 Å². The summed E-state index contributed by atoms with van der Waals surface area (Å²) in [6.07, 6.45) is -1.22. The summed E-state index contributed by atoms with van der Waals surface area (Å²) in [6, 6.07) is 6.14. The highest BCUT2D eigenvalue weighted by Gasteiger charge is 2.47. The number of primary amides is 1. The number of ether oxygens (including phenoxy) is 1. The molecule has 0 radical (unpaired) electrons. The van der Waals surface area contributed by atoms with Crippen LogP contribution in [0.3, 0.4) is 0 Å². The lowest BCUT2D eigenvalue weighted by Gasteiger charge is -2.35. The number of halogens is 3. The van der Waals surface area contributed by atoms with Crippen LogP contribution in [0, 0.1) is 6.92 Å². The van der Waals surface area contributed by atoms with Gasteiger partial charge in [0, 0.05) is 30.7 Å². The molecule has 2 aromatic rings. The first-order chi connectivity index (χ1) is 11.7. The fourth-order valence-corrected chi connectivity index (χ4v) is 2.78. The molecule has 9 heteroatoms. The van der Waals surface area contributed by atoms with Crippen LogP contribution < -0.4 is 10.5 Å². The van der Waals surface area contributed by atoms with E-state index in [-0.39, 0.29) is 23.7 Å². The van der Waals surface area contributed by atoms with Gasteiger partial charge in [-0.05, 0) is 19.1 Å². The maximum atomic E-state index is 13.0. The van der Waals surface area contributed by atoms with E-state index in [0.29, 0.717) is 17.1 Å². The average Bonchev–Trinajstić information content (AvgIpc) is 2.47. The molecule has 0 spiro atoms. The standard InChI is InChI=1S/C16H15ClF2N4O2/c1-8-4-9(25-10-6-16(18,19)7-10)5-12(21-8)14(15(20)24)11-2-3-13(17)23-22-11/h2-5,10,14H,6-7H2,1H3,(H2,20,24). The first kappa shape index (κ1) is 17.5. The summed E-state index contributed by atoms with van der Waals surface area (Å²) in [5.74, 6) is -3.94. The quantitative estimate of drug-likeness (QED) is 0.876. The van der Waals surface area contributed by atoms with Gasteiger partial charge in [-0.1, -0.05) is 11.6 Å². The Morgan fingerprint density at radius 3 is 2.60 bits per heavy atom. The predicted molar refractivity (Wildman–Crippen MR) is 85.7 cm³/mol. The van der Waals surface area contributed by atoms with E-state index in [9.17, 15) is 13.6 Å². The van der Waals surface area contributed by atoms with Crippen LogP contribution in [0.25, 0.3) is 0 Å². The molecule has 1 aliphatic carbocycles. The third-order valence-corrected chi connectivity index (χ3v) is 4.03. The van der Waals surface area contributed by atoms with E-state index in [0.717, 1.165) is 0 Å². The van der Waals surface area contributed by atoms with Crippen LogP contribution in [0.4, 0.5) is 8.78 Å². The van der Waals surface area contributed by atoms with Crippen molar-refractivity contribution in [2.75, 3.05) is 0 Å². The number of alkyl halides is 2. The van der Waals surface area contributed by atoms with Gasteiger partial charge in [-0.2, -0.15) is 5.10 Å². The number of amides is 1. The molecule has 2 aromatic heterocycles. The third-order valence-electron chi connectivity index (χ3n) is 3.83. The van der Waals surface area contributed by atoms with Crippen molar-refractivity contribution in [2.45, 2.75) is 37.7 Å². The molecule has 3 rings (SSSR count). The van der Waals surface area contributed by atoms with Gasteiger partial charge in [0.2, 0.25) is 5.91 Å². The van der Waals surface area contributed by atoms with Gasteiger partial charge in [-0.25, -0.2) is 8.78 Å². The maximum absolute atomic E-state index is 13.0. The summed E-state index contributed by atoms with van der Waals surface area (Å²) in [4.78, 5) is 16.2. The van der Waals surface area contributed by atoms with E-state index in [2.05, 4.69) is 15.2 Å². The van der Waals surface area contributed by atoms with Crippen molar-refractivity contribution >= 4 is 17.5 Å². The molecule has 1 atom stereocenters. The Bertz CT molecular complexity index is 793. The smallest absolute Gasteiger partial charge is 0.255 e. The van der Waals surface area contributed by atoms with Crippen molar-refractivity contribution in [3.05, 3.63) is 46.5 Å². The number of pyridine rings is 1. The number of hydrogen-bond acceptors (Lipinski definition) is 5. The number of nitrogens with zero attached hydrogens (tertiary/aromatic N) is 3. The monoisotopic (exact) mass is 368 g/mol. The number of rotatable bonds is 5. The summed E-state index contributed by atoms with van der Waals surface area (Å²) >= 11 is 5.71. The van der Waals surface area contributed by atoms with Crippen molar-refractivity contribution in [1.29, 1.82) is 0 Å². The zero-order valence-electron chi connectivity index (χ0n) is 13.2. The van der Waals surface area contributed by atoms with Gasteiger partial charge in [-0.15, -0.1) is 5.10 Å². The number of carbonyl (C=O) groups excluding carboxylic acids is 1. The van der Waals surface area contributed by atoms with Crippen LogP contribution in [0.5, 0.6) is 5.75 Å². The van der Waals surface area contributed by atoms with Crippen LogP contribution in [0.15, 0.2) is 24.3 Å². The molecule has 6 nitrogen and oxygen atoms in total. The summed E-state index contributed by atoms with van der Waals surface area (Å²) < 4.78 is 31.5. The third kappa shape index (κ3) is 4.01. The SMILES string of the molecule is Cc1cc(OC2CC(F)(F)C2)cc(C(C(N)=O)c2ccc(Cl)nn2)n1. The molecule has 1 amide bonds. The minimum atomic E-state index is -2.68. The first-order valence-electron chi connectivity index (χ1n) is 7.55. The number of nitrogens with two attached hydrogens (primary N) is 1. The number of carbonyl (C=O) groups is 1. The highest BCUT2D eigenvalue weighted by atomic mass is 35.5. The van der Waals surface area contributed by atoms with E-state index in [1.165, 1.54) is 18.2 Å². The van der Waals surface area contributed by atoms with Crippen LogP contribution in [-0.2, 0) is 4.79 Å². The average molecular weight is 369 g/mol. The zero-order valence-corrected chi connectivity index (χ0v) is 14.0. The summed E-state index contributed by atoms with van der Waals surface area (Å²) in [5, 5.41) is 7.76. The van der Waals surface area contributed by atoms with Gasteiger partial charge in [0.15, 0.2) is 5.15 Å². The molecule has 2 heterocycles. The molecule has 0 saturated heterocycles. The molecule has 0 bridgehead atoms. The summed E-state index contributed by atoms with van der Waals surface area (Å²) in [7, 11) is 0. The highest BCUT2D eigenvalue weighted by molar-refractivity contribution is 6.29. The van der Waals surface area contributed by atoms with Gasteiger partial charge in [0.05, 0.1) is 11.4 Å². The fraction of sp³-hybridized carbons (Fsp3) is 0.375. The second-order valence-corrected chi connectivity index (χ2v) is 6.38. The molecular weight excluding hydrogens is 354 g/mol. The minimum absolute atomic E-state index is 0.180. The molecule has 25 heavy (non-hydrogen) atoms. The Labute approximate surface area is 147 Å². The van der Waals surface area contributed by atoms with E-state index < -0.39 is 23.9 Å². The van der Waals surface area contributed by atoms with E-state index in [4.69, 9.17) is 22.1 Å². The molecule has 0 aromatic carbocycles. The van der Waals surface area contributed by atoms with Crippen molar-refractivity contribution in [3.8, 4) is 5.75 Å². The number of aryl methyl sites for hydroxylation is 1. The lowest BCUT2D eigenvalue weighted by molar-refractivity contribution is -0.134. The molecule has 1 fully saturated rings. The number of hydrogen-bond donors (Lipinski definition) is 1. The maximum Gasteiger partial charge on any atom is 0.255 e. The first-order valence-corrected chi connectivity index (χ1v) is 7.93. The number of aromatic nitrogens is 3. The molecule has 2 N–H and O–H groups in total. The van der Waals surface area contributed by atoms with Crippen molar-refractivity contribution in [1.82, 2.24) is 15.2 Å². The van der Waals surface area contributed by atoms with Crippen molar-refractivity contribution in [2.24, 2.45) is 5.73 Å². The van der Waals surface area contributed by atoms with E-state index in [1.807, 2.05) is 0 Å². The predicted octanol–water partition coefficient (Wildman–Crippen LogP) is 2.63. The second kappa shape index (κ2) is 6.51. The van der Waals surface area contributed by atoms with Crippen LogP contribution in [0.2, 0.25) is 5.15 Å². The Balaban J connectivity index is 1.89. The van der Waals surface area contributed by atoms with Crippen molar-refractivity contribution < 1.29 is 18.3 Å². The van der Waals surface area contributed by atoms with Crippen molar-refractivity contribution in [3.63, 3.8) is 0 Å². The Morgan fingerprint density at radius 2 is 2.04 bits per heavy atom. The topological polar surface area (TPSA) is 91.0 Å². The van der Waals surface area contributed by atoms with Crippen LogP contribution >= 0.6 is 11.6 Å². The minimum Gasteiger partial charge on any atom is -0.490 e. The highest BCUT2D eigenvalue weighted by Crippen LogP contribution is 2.40. The summed E-state index contributed by atoms with van der Waals surface area (Å²) in [5.41, 5.74) is 6.65. The molecule has 1 unspecified atom stereocenters. The second-order valence-electron chi connectivity index (χ2n) is 5.99.